The fourth-order valence-corrected chi connectivity index (χ4v) is 3.91. The second-order valence-electron chi connectivity index (χ2n) is 6.70. The summed E-state index contributed by atoms with van der Waals surface area (Å²) in [7, 11) is 2.25. The van der Waals surface area contributed by atoms with Gasteiger partial charge in [0.05, 0.1) is 0 Å². The smallest absolute Gasteiger partial charge is 0.314 e. The first-order valence-electron chi connectivity index (χ1n) is 9.10. The van der Waals surface area contributed by atoms with Gasteiger partial charge in [0.2, 0.25) is 0 Å². The first kappa shape index (κ1) is 17.5. The van der Waals surface area contributed by atoms with Crippen molar-refractivity contribution in [2.24, 2.45) is 5.73 Å². The number of aromatic amines is 1. The van der Waals surface area contributed by atoms with E-state index < -0.39 is 0 Å². The van der Waals surface area contributed by atoms with Crippen LogP contribution >= 0.6 is 0 Å². The summed E-state index contributed by atoms with van der Waals surface area (Å²) in [5, 5.41) is 1.45. The minimum Gasteiger partial charge on any atom is -0.361 e. The summed E-state index contributed by atoms with van der Waals surface area (Å²) < 4.78 is 0. The molecular weight excluding hydrogens is 312 g/mol. The lowest BCUT2D eigenvalue weighted by atomic mass is 9.82. The molecule has 2 amide bonds. The van der Waals surface area contributed by atoms with Gasteiger partial charge < -0.3 is 15.6 Å². The summed E-state index contributed by atoms with van der Waals surface area (Å²) >= 11 is 0. The maximum atomic E-state index is 10.3. The number of carbonyl (C=O) groups is 1. The van der Waals surface area contributed by atoms with Crippen molar-refractivity contribution < 1.29 is 4.79 Å². The summed E-state index contributed by atoms with van der Waals surface area (Å²) in [6.07, 6.45) is 6.96. The molecule has 0 saturated carbocycles. The zero-order chi connectivity index (χ0) is 18.0. The van der Waals surface area contributed by atoms with Crippen LogP contribution in [-0.4, -0.2) is 53.5 Å². The van der Waals surface area contributed by atoms with Crippen molar-refractivity contribution in [2.75, 3.05) is 26.7 Å². The van der Waals surface area contributed by atoms with Crippen molar-refractivity contribution in [3.63, 3.8) is 0 Å². The maximum Gasteiger partial charge on any atom is 0.314 e. The van der Waals surface area contributed by atoms with Crippen molar-refractivity contribution in [1.29, 1.82) is 0 Å². The fourth-order valence-electron chi connectivity index (χ4n) is 3.91. The third-order valence-corrected chi connectivity index (χ3v) is 5.32. The number of hydrogen-bond acceptors (Lipinski definition) is 2. The Hall–Kier alpha value is -2.27. The second kappa shape index (κ2) is 7.31. The SMILES string of the molecule is CCN(CC)C(N)=O.CN1CCC=C2c3cccc4[nH]cc(c34)CC21. The molecule has 134 valence electrons. The lowest BCUT2D eigenvalue weighted by Crippen LogP contribution is -2.39. The average Bonchev–Trinajstić information content (AvgIpc) is 3.02. The highest BCUT2D eigenvalue weighted by atomic mass is 16.2. The van der Waals surface area contributed by atoms with Gasteiger partial charge >= 0.3 is 6.03 Å². The van der Waals surface area contributed by atoms with E-state index in [0.717, 1.165) is 6.42 Å². The number of amides is 2. The van der Waals surface area contributed by atoms with E-state index in [1.807, 2.05) is 13.8 Å². The Labute approximate surface area is 149 Å². The highest BCUT2D eigenvalue weighted by Gasteiger charge is 2.30. The number of fused-ring (bicyclic) bond motifs is 2. The Balaban J connectivity index is 0.000000197. The van der Waals surface area contributed by atoms with Gasteiger partial charge in [0.25, 0.3) is 0 Å². The normalized spacial score (nSPS) is 18.8. The molecule has 0 radical (unpaired) electrons. The van der Waals surface area contributed by atoms with Gasteiger partial charge in [-0.2, -0.15) is 0 Å². The fraction of sp³-hybridized carbons (Fsp3) is 0.450. The number of carbonyl (C=O) groups excluding carboxylic acids is 1. The first-order valence-corrected chi connectivity index (χ1v) is 9.10. The molecule has 2 aromatic rings. The van der Waals surface area contributed by atoms with Gasteiger partial charge in [0.15, 0.2) is 0 Å². The summed E-state index contributed by atoms with van der Waals surface area (Å²) in [5.41, 5.74) is 10.7. The van der Waals surface area contributed by atoms with Gasteiger partial charge in [-0.15, -0.1) is 0 Å². The molecular formula is C20H28N4O. The molecule has 1 atom stereocenters. The topological polar surface area (TPSA) is 65.4 Å². The first-order chi connectivity index (χ1) is 12.1. The van der Waals surface area contributed by atoms with E-state index in [1.54, 1.807) is 4.90 Å². The molecule has 1 aromatic heterocycles. The van der Waals surface area contributed by atoms with Crippen LogP contribution in [0.5, 0.6) is 0 Å². The number of nitrogens with zero attached hydrogens (tertiary/aromatic N) is 2. The molecule has 0 bridgehead atoms. The van der Waals surface area contributed by atoms with Crippen molar-refractivity contribution in [1.82, 2.24) is 14.8 Å². The summed E-state index contributed by atoms with van der Waals surface area (Å²) in [4.78, 5) is 17.8. The van der Waals surface area contributed by atoms with Gasteiger partial charge in [0.1, 0.15) is 0 Å². The average molecular weight is 340 g/mol. The van der Waals surface area contributed by atoms with Gasteiger partial charge in [-0.3, -0.25) is 4.90 Å². The summed E-state index contributed by atoms with van der Waals surface area (Å²) in [6.45, 7) is 6.38. The quantitative estimate of drug-likeness (QED) is 0.881. The Morgan fingerprint density at radius 2 is 2.12 bits per heavy atom. The molecule has 1 aromatic carbocycles. The number of aromatic nitrogens is 1. The van der Waals surface area contributed by atoms with Crippen LogP contribution in [0.4, 0.5) is 4.79 Å². The van der Waals surface area contributed by atoms with Crippen LogP contribution in [0.3, 0.4) is 0 Å². The van der Waals surface area contributed by atoms with Crippen molar-refractivity contribution >= 4 is 22.5 Å². The molecule has 5 nitrogen and oxygen atoms in total. The Bertz CT molecular complexity index is 788. The van der Waals surface area contributed by atoms with Crippen LogP contribution in [0.2, 0.25) is 0 Å². The predicted octanol–water partition coefficient (Wildman–Crippen LogP) is 3.22. The number of likely N-dealkylation sites (N-methyl/N-ethyl adjacent to an activating group) is 1. The summed E-state index contributed by atoms with van der Waals surface area (Å²) in [5.74, 6) is 0. The molecule has 1 aliphatic carbocycles. The zero-order valence-corrected chi connectivity index (χ0v) is 15.4. The van der Waals surface area contributed by atoms with Gasteiger partial charge in [-0.05, 0) is 56.5 Å². The lowest BCUT2D eigenvalue weighted by Gasteiger charge is -2.36. The second-order valence-corrected chi connectivity index (χ2v) is 6.70. The predicted molar refractivity (Wildman–Crippen MR) is 104 cm³/mol. The number of nitrogens with two attached hydrogens (primary N) is 1. The van der Waals surface area contributed by atoms with Crippen LogP contribution in [-0.2, 0) is 6.42 Å². The minimum atomic E-state index is -0.338. The van der Waals surface area contributed by atoms with E-state index in [9.17, 15) is 4.79 Å². The number of nitrogens with one attached hydrogen (secondary N) is 1. The number of urea groups is 1. The maximum absolute atomic E-state index is 10.3. The molecule has 3 N–H and O–H groups in total. The van der Waals surface area contributed by atoms with Crippen LogP contribution in [0, 0.1) is 0 Å². The Morgan fingerprint density at radius 1 is 1.36 bits per heavy atom. The highest BCUT2D eigenvalue weighted by molar-refractivity contribution is 5.98. The minimum absolute atomic E-state index is 0.338. The standard InChI is InChI=1S/C15H16N2.C5H12N2O/c1-17-7-3-5-11-12-4-2-6-13-15(12)10(9-16-13)8-14(11)17;1-3-7(4-2)5(6)8/h2,4-6,9,14,16H,3,7-8H2,1H3;3-4H2,1-2H3,(H2,6,8). The molecule has 4 rings (SSSR count). The van der Waals surface area contributed by atoms with Crippen molar-refractivity contribution in [2.45, 2.75) is 32.7 Å². The molecule has 1 unspecified atom stereocenters. The van der Waals surface area contributed by atoms with E-state index in [-0.39, 0.29) is 6.03 Å². The molecule has 0 spiro atoms. The zero-order valence-electron chi connectivity index (χ0n) is 15.4. The van der Waals surface area contributed by atoms with Crippen LogP contribution in [0.15, 0.2) is 30.5 Å². The van der Waals surface area contributed by atoms with Gasteiger partial charge in [0, 0.05) is 42.8 Å². The Kier molecular flexibility index (Phi) is 5.13. The third kappa shape index (κ3) is 3.29. The molecule has 1 aliphatic heterocycles. The number of benzene rings is 1. The van der Waals surface area contributed by atoms with E-state index in [1.165, 1.54) is 40.6 Å². The summed E-state index contributed by atoms with van der Waals surface area (Å²) in [6, 6.07) is 6.86. The molecule has 2 heterocycles. The van der Waals surface area contributed by atoms with E-state index in [4.69, 9.17) is 5.73 Å². The van der Waals surface area contributed by atoms with Crippen LogP contribution in [0.1, 0.15) is 31.4 Å². The number of primary amides is 1. The third-order valence-electron chi connectivity index (χ3n) is 5.32. The largest absolute Gasteiger partial charge is 0.361 e. The molecule has 25 heavy (non-hydrogen) atoms. The van der Waals surface area contributed by atoms with Crippen LogP contribution in [0.25, 0.3) is 16.5 Å². The van der Waals surface area contributed by atoms with Gasteiger partial charge in [-0.25, -0.2) is 4.79 Å². The lowest BCUT2D eigenvalue weighted by molar-refractivity contribution is 0.213. The highest BCUT2D eigenvalue weighted by Crippen LogP contribution is 2.39. The van der Waals surface area contributed by atoms with E-state index in [2.05, 4.69) is 47.4 Å². The van der Waals surface area contributed by atoms with Gasteiger partial charge in [-0.1, -0.05) is 18.2 Å². The number of rotatable bonds is 2. The molecule has 0 saturated heterocycles. The van der Waals surface area contributed by atoms with Crippen molar-refractivity contribution in [3.8, 4) is 0 Å². The van der Waals surface area contributed by atoms with Crippen molar-refractivity contribution in [3.05, 3.63) is 41.6 Å². The number of H-pyrrole nitrogens is 1. The Morgan fingerprint density at radius 3 is 2.76 bits per heavy atom. The van der Waals surface area contributed by atoms with E-state index >= 15 is 0 Å². The molecule has 0 fully saturated rings. The molecule has 2 aliphatic rings. The van der Waals surface area contributed by atoms with Crippen LogP contribution < -0.4 is 5.73 Å². The molecule has 5 heteroatoms. The van der Waals surface area contributed by atoms with E-state index in [0.29, 0.717) is 19.1 Å². The monoisotopic (exact) mass is 340 g/mol. The number of hydrogen-bond donors (Lipinski definition) is 2.